The van der Waals surface area contributed by atoms with E-state index in [4.69, 9.17) is 11.6 Å². The van der Waals surface area contributed by atoms with Crippen LogP contribution in [0.2, 0.25) is 5.02 Å². The highest BCUT2D eigenvalue weighted by atomic mass is 79.9. The Morgan fingerprint density at radius 2 is 1.13 bits per heavy atom. The second kappa shape index (κ2) is 8.22. The molecule has 0 saturated carbocycles. The van der Waals surface area contributed by atoms with Crippen molar-refractivity contribution < 1.29 is 14.4 Å². The normalized spacial score (nSPS) is 26.7. The van der Waals surface area contributed by atoms with Gasteiger partial charge in [-0.1, -0.05) is 122 Å². The number of carbonyl (C=O) groups excluding carboxylic acids is 3. The average Bonchev–Trinajstić information content (AvgIpc) is 3.22. The van der Waals surface area contributed by atoms with Gasteiger partial charge in [-0.15, -0.1) is 0 Å². The van der Waals surface area contributed by atoms with Crippen LogP contribution in [0, 0.1) is 11.8 Å². The minimum Gasteiger partial charge on any atom is -0.289 e. The second-order valence-electron chi connectivity index (χ2n) is 9.84. The van der Waals surface area contributed by atoms with Gasteiger partial charge in [0.15, 0.2) is 5.78 Å². The van der Waals surface area contributed by atoms with Crippen molar-refractivity contribution in [2.75, 3.05) is 4.90 Å². The van der Waals surface area contributed by atoms with Crippen molar-refractivity contribution in [3.63, 3.8) is 0 Å². The molecule has 2 bridgehead atoms. The van der Waals surface area contributed by atoms with E-state index in [1.165, 1.54) is 11.0 Å². The van der Waals surface area contributed by atoms with Crippen LogP contribution in [0.3, 0.4) is 0 Å². The highest BCUT2D eigenvalue weighted by molar-refractivity contribution is 9.10. The average molecular weight is 648 g/mol. The molecule has 186 valence electrons. The molecule has 38 heavy (non-hydrogen) atoms. The van der Waals surface area contributed by atoms with Gasteiger partial charge in [0.25, 0.3) is 0 Å². The number of halogens is 3. The zero-order valence-corrected chi connectivity index (χ0v) is 23.6. The first-order valence-corrected chi connectivity index (χ1v) is 14.1. The van der Waals surface area contributed by atoms with E-state index in [2.05, 4.69) is 31.9 Å². The van der Waals surface area contributed by atoms with E-state index in [1.807, 2.05) is 54.6 Å². The zero-order valence-electron chi connectivity index (χ0n) is 19.7. The Bertz CT molecular complexity index is 1580. The van der Waals surface area contributed by atoms with E-state index in [-0.39, 0.29) is 28.8 Å². The lowest BCUT2D eigenvalue weighted by molar-refractivity contribution is -0.122. The van der Waals surface area contributed by atoms with Crippen LogP contribution in [-0.4, -0.2) is 17.6 Å². The number of imide groups is 1. The first-order valence-electron chi connectivity index (χ1n) is 12.1. The Kier molecular flexibility index (Phi) is 5.19. The Balaban J connectivity index is 1.45. The fourth-order valence-electron chi connectivity index (χ4n) is 6.53. The highest BCUT2D eigenvalue weighted by Crippen LogP contribution is 2.70. The number of amides is 2. The van der Waals surface area contributed by atoms with Crippen LogP contribution in [0.15, 0.2) is 97.1 Å². The maximum absolute atomic E-state index is 14.4. The standard InChI is InChI=1S/C31H18Br2ClNO3/c32-30-20-10-4-5-11-21(20)31(33,23-13-7-6-12-22(23)30)26-25(30)28(37)35(29(26)38)24-15-14-18(34)16-19(24)27(36)17-8-2-1-3-9-17/h1-16,25-26H/t25-,26-,30?,31?/m1/s1. The smallest absolute Gasteiger partial charge is 0.239 e. The van der Waals surface area contributed by atoms with Gasteiger partial charge < -0.3 is 0 Å². The fourth-order valence-corrected chi connectivity index (χ4v) is 9.01. The third-order valence-corrected chi connectivity index (χ3v) is 11.0. The van der Waals surface area contributed by atoms with Gasteiger partial charge in [-0.2, -0.15) is 0 Å². The predicted molar refractivity (Wildman–Crippen MR) is 153 cm³/mol. The topological polar surface area (TPSA) is 54.5 Å². The number of alkyl halides is 2. The molecule has 0 unspecified atom stereocenters. The Morgan fingerprint density at radius 1 is 0.684 bits per heavy atom. The fraction of sp³-hybridized carbons (Fsp3) is 0.129. The first kappa shape index (κ1) is 24.0. The van der Waals surface area contributed by atoms with E-state index < -0.39 is 20.5 Å². The molecule has 4 aromatic rings. The van der Waals surface area contributed by atoms with Crippen molar-refractivity contribution in [2.45, 2.75) is 8.65 Å². The number of anilines is 1. The number of ketones is 1. The van der Waals surface area contributed by atoms with Gasteiger partial charge in [0.1, 0.15) is 0 Å². The number of carbonyl (C=O) groups is 3. The van der Waals surface area contributed by atoms with E-state index in [0.29, 0.717) is 10.6 Å². The van der Waals surface area contributed by atoms with Crippen molar-refractivity contribution in [1.82, 2.24) is 0 Å². The maximum Gasteiger partial charge on any atom is 0.239 e. The van der Waals surface area contributed by atoms with Gasteiger partial charge in [-0.25, -0.2) is 4.90 Å². The molecule has 1 saturated heterocycles. The quantitative estimate of drug-likeness (QED) is 0.137. The largest absolute Gasteiger partial charge is 0.289 e. The SMILES string of the molecule is O=C(c1ccccc1)c1cc(Cl)ccc1N1C(=O)[C@H]2[C@H](C1=O)C1(Br)c3ccccc3C2(Br)c2ccccc21. The van der Waals surface area contributed by atoms with E-state index in [0.717, 1.165) is 22.3 Å². The first-order chi connectivity index (χ1) is 18.3. The summed E-state index contributed by atoms with van der Waals surface area (Å²) in [5, 5.41) is 0.346. The van der Waals surface area contributed by atoms with Gasteiger partial charge >= 0.3 is 0 Å². The Labute approximate surface area is 240 Å². The molecule has 4 nitrogen and oxygen atoms in total. The van der Waals surface area contributed by atoms with E-state index in [9.17, 15) is 14.4 Å². The van der Waals surface area contributed by atoms with Crippen LogP contribution in [0.1, 0.15) is 38.2 Å². The lowest BCUT2D eigenvalue weighted by Crippen LogP contribution is -2.56. The van der Waals surface area contributed by atoms with Crippen LogP contribution in [0.5, 0.6) is 0 Å². The third-order valence-electron chi connectivity index (χ3n) is 8.07. The van der Waals surface area contributed by atoms with Crippen LogP contribution in [0.25, 0.3) is 0 Å². The van der Waals surface area contributed by atoms with Crippen molar-refractivity contribution in [2.24, 2.45) is 11.8 Å². The molecule has 7 heteroatoms. The molecule has 8 rings (SSSR count). The number of nitrogens with zero attached hydrogens (tertiary/aromatic N) is 1. The lowest BCUT2D eigenvalue weighted by Gasteiger charge is -2.55. The molecular formula is C31H18Br2ClNO3. The molecule has 4 aromatic carbocycles. The summed E-state index contributed by atoms with van der Waals surface area (Å²) in [6.07, 6.45) is 0. The summed E-state index contributed by atoms with van der Waals surface area (Å²) in [6, 6.07) is 29.3. The second-order valence-corrected chi connectivity index (χ2v) is 12.8. The number of hydrogen-bond acceptors (Lipinski definition) is 3. The van der Waals surface area contributed by atoms with Gasteiger partial charge in [0.05, 0.1) is 26.2 Å². The van der Waals surface area contributed by atoms with Crippen molar-refractivity contribution in [1.29, 1.82) is 0 Å². The molecule has 1 heterocycles. The number of benzene rings is 4. The molecule has 0 aromatic heterocycles. The minimum atomic E-state index is -0.905. The van der Waals surface area contributed by atoms with Crippen molar-refractivity contribution in [3.8, 4) is 0 Å². The molecule has 1 aliphatic heterocycles. The van der Waals surface area contributed by atoms with Crippen molar-refractivity contribution in [3.05, 3.63) is 135 Å². The Hall–Kier alpha value is -3.06. The molecule has 2 amide bonds. The maximum atomic E-state index is 14.4. The molecule has 2 atom stereocenters. The highest BCUT2D eigenvalue weighted by Gasteiger charge is 2.72. The molecule has 0 spiro atoms. The summed E-state index contributed by atoms with van der Waals surface area (Å²) in [7, 11) is 0. The van der Waals surface area contributed by atoms with Crippen LogP contribution >= 0.6 is 43.5 Å². The van der Waals surface area contributed by atoms with Gasteiger partial charge in [0, 0.05) is 16.1 Å². The summed E-state index contributed by atoms with van der Waals surface area (Å²) in [5.74, 6) is -2.47. The summed E-state index contributed by atoms with van der Waals surface area (Å²) >= 11 is 14.3. The lowest BCUT2D eigenvalue weighted by atomic mass is 9.54. The van der Waals surface area contributed by atoms with Gasteiger partial charge in [-0.3, -0.25) is 14.4 Å². The minimum absolute atomic E-state index is 0.207. The van der Waals surface area contributed by atoms with E-state index >= 15 is 0 Å². The van der Waals surface area contributed by atoms with Crippen LogP contribution in [0.4, 0.5) is 5.69 Å². The molecule has 4 aliphatic rings. The number of hydrogen-bond donors (Lipinski definition) is 0. The summed E-state index contributed by atoms with van der Waals surface area (Å²) in [4.78, 5) is 43.6. The number of rotatable bonds is 3. The summed E-state index contributed by atoms with van der Waals surface area (Å²) in [6.45, 7) is 0. The molecule has 3 aliphatic carbocycles. The molecular weight excluding hydrogens is 630 g/mol. The zero-order chi connectivity index (χ0) is 26.4. The Morgan fingerprint density at radius 3 is 1.61 bits per heavy atom. The predicted octanol–water partition coefficient (Wildman–Crippen LogP) is 6.98. The van der Waals surface area contributed by atoms with Crippen LogP contribution < -0.4 is 4.90 Å². The monoisotopic (exact) mass is 645 g/mol. The van der Waals surface area contributed by atoms with Crippen molar-refractivity contribution >= 4 is 66.7 Å². The summed E-state index contributed by atoms with van der Waals surface area (Å²) in [5.41, 5.74) is 4.72. The van der Waals surface area contributed by atoms with E-state index in [1.54, 1.807) is 36.4 Å². The molecule has 0 N–H and O–H groups in total. The molecule has 0 radical (unpaired) electrons. The van der Waals surface area contributed by atoms with Gasteiger partial charge in [0.2, 0.25) is 11.8 Å². The van der Waals surface area contributed by atoms with Crippen LogP contribution in [-0.2, 0) is 18.2 Å². The van der Waals surface area contributed by atoms with Gasteiger partial charge in [-0.05, 0) is 40.5 Å². The third kappa shape index (κ3) is 2.88. The molecule has 1 fully saturated rings. The summed E-state index contributed by atoms with van der Waals surface area (Å²) < 4.78 is -1.81.